The molecular formula is C7H17NOPb. The summed E-state index contributed by atoms with van der Waals surface area (Å²) in [6, 6.07) is 0. The maximum atomic E-state index is 5.52. The van der Waals surface area contributed by atoms with Crippen LogP contribution in [0, 0.1) is 0 Å². The molecule has 0 fully saturated rings. The molecule has 2 radical (unpaired) electrons. The van der Waals surface area contributed by atoms with Gasteiger partial charge in [-0.15, -0.1) is 0 Å². The number of rotatable bonds is 4. The summed E-state index contributed by atoms with van der Waals surface area (Å²) in [5.74, 6) is 0. The zero-order valence-corrected chi connectivity index (χ0v) is 11.8. The number of hydrogen-bond donors (Lipinski definition) is 0. The molecule has 0 bridgehead atoms. The van der Waals surface area contributed by atoms with Crippen molar-refractivity contribution in [2.24, 2.45) is 0 Å². The standard InChI is InChI=1S/C7H16NO.Pb.H/c1-5-7(2,9)6-8(3)4;;/h5-6H2,1-4H3;;/q-1;+1;. The van der Waals surface area contributed by atoms with Crippen molar-refractivity contribution < 1.29 is 2.69 Å². The van der Waals surface area contributed by atoms with Crippen LogP contribution in [0.3, 0.4) is 0 Å². The summed E-state index contributed by atoms with van der Waals surface area (Å²) in [5, 5.41) is 0. The minimum atomic E-state index is 0.105. The van der Waals surface area contributed by atoms with Crippen molar-refractivity contribution in [2.75, 3.05) is 20.6 Å². The van der Waals surface area contributed by atoms with E-state index in [1.165, 1.54) is 0 Å². The number of nitrogens with zero attached hydrogens (tertiary/aromatic N) is 1. The first kappa shape index (κ1) is 10.8. The van der Waals surface area contributed by atoms with E-state index >= 15 is 0 Å². The van der Waals surface area contributed by atoms with Crippen LogP contribution in [0.15, 0.2) is 0 Å². The molecule has 0 aliphatic heterocycles. The van der Waals surface area contributed by atoms with Gasteiger partial charge in [-0.3, -0.25) is 0 Å². The van der Waals surface area contributed by atoms with Crippen LogP contribution in [0.4, 0.5) is 0 Å². The van der Waals surface area contributed by atoms with Crippen molar-refractivity contribution >= 4 is 26.2 Å². The average molecular weight is 338 g/mol. The molecule has 0 aliphatic carbocycles. The number of hydrogen-bond acceptors (Lipinski definition) is 2. The molecule has 0 spiro atoms. The molecule has 3 heteroatoms. The molecule has 10 heavy (non-hydrogen) atoms. The van der Waals surface area contributed by atoms with E-state index in [4.69, 9.17) is 2.69 Å². The molecule has 0 aromatic heterocycles. The topological polar surface area (TPSA) is 12.5 Å². The Balaban J connectivity index is 3.80. The van der Waals surface area contributed by atoms with Crippen molar-refractivity contribution in [1.82, 2.24) is 4.90 Å². The second-order valence-corrected chi connectivity index (χ2v) is 4.08. The summed E-state index contributed by atoms with van der Waals surface area (Å²) in [7, 11) is 4.16. The molecule has 0 aromatic rings. The summed E-state index contributed by atoms with van der Waals surface area (Å²) in [6.45, 7) is 5.37. The first-order valence-electron chi connectivity index (χ1n) is 3.56. The maximum absolute atomic E-state index is 5.52. The van der Waals surface area contributed by atoms with E-state index in [1.54, 1.807) is 0 Å². The monoisotopic (exact) mass is 339 g/mol. The van der Waals surface area contributed by atoms with Gasteiger partial charge >= 0.3 is 80.3 Å². The molecule has 0 heterocycles. The molecule has 0 amide bonds. The van der Waals surface area contributed by atoms with Gasteiger partial charge in [0.2, 0.25) is 0 Å². The van der Waals surface area contributed by atoms with E-state index < -0.39 is 0 Å². The average Bonchev–Trinajstić information content (AvgIpc) is 1.87. The Bertz CT molecular complexity index is 91.6. The molecular weight excluding hydrogens is 321 g/mol. The third kappa shape index (κ3) is 3.88. The van der Waals surface area contributed by atoms with Gasteiger partial charge in [-0.25, -0.2) is 0 Å². The third-order valence-corrected chi connectivity index (χ3v) is 3.90. The van der Waals surface area contributed by atoms with E-state index in [1.807, 2.05) is 0 Å². The summed E-state index contributed by atoms with van der Waals surface area (Å²) >= 11 is 0.648. The van der Waals surface area contributed by atoms with Gasteiger partial charge in [0.15, 0.2) is 0 Å². The van der Waals surface area contributed by atoms with Gasteiger partial charge in [0.1, 0.15) is 0 Å². The second kappa shape index (κ2) is 4.67. The fraction of sp³-hybridized carbons (Fsp3) is 1.00. The summed E-state index contributed by atoms with van der Waals surface area (Å²) < 4.78 is 5.52. The van der Waals surface area contributed by atoms with E-state index in [2.05, 4.69) is 32.8 Å². The van der Waals surface area contributed by atoms with Crippen LogP contribution in [0.1, 0.15) is 20.3 Å². The van der Waals surface area contributed by atoms with E-state index in [0.717, 1.165) is 13.0 Å². The third-order valence-electron chi connectivity index (χ3n) is 1.68. The fourth-order valence-electron chi connectivity index (χ4n) is 0.901. The van der Waals surface area contributed by atoms with Crippen molar-refractivity contribution in [3.8, 4) is 0 Å². The minimum absolute atomic E-state index is 0.105. The molecule has 1 unspecified atom stereocenters. The van der Waals surface area contributed by atoms with Gasteiger partial charge in [-0.2, -0.15) is 0 Å². The van der Waals surface area contributed by atoms with Gasteiger partial charge in [0.25, 0.3) is 0 Å². The van der Waals surface area contributed by atoms with Gasteiger partial charge in [0.05, 0.1) is 0 Å². The Kier molecular flexibility index (Phi) is 5.06. The fourth-order valence-corrected chi connectivity index (χ4v) is 1.84. The van der Waals surface area contributed by atoms with Gasteiger partial charge in [0, 0.05) is 0 Å². The van der Waals surface area contributed by atoms with Crippen LogP contribution in [-0.4, -0.2) is 57.4 Å². The van der Waals surface area contributed by atoms with Crippen LogP contribution in [0.5, 0.6) is 0 Å². The van der Waals surface area contributed by atoms with E-state index in [9.17, 15) is 0 Å². The van der Waals surface area contributed by atoms with Crippen LogP contribution in [0.2, 0.25) is 0 Å². The number of likely N-dealkylation sites (N-methyl/N-ethyl adjacent to an activating group) is 1. The first-order chi connectivity index (χ1) is 4.54. The van der Waals surface area contributed by atoms with Crippen molar-refractivity contribution in [3.63, 3.8) is 0 Å². The van der Waals surface area contributed by atoms with E-state index in [0.29, 0.717) is 26.2 Å². The normalized spacial score (nSPS) is 17.4. The summed E-state index contributed by atoms with van der Waals surface area (Å²) in [4.78, 5) is 2.17. The van der Waals surface area contributed by atoms with Crippen molar-refractivity contribution in [3.05, 3.63) is 0 Å². The summed E-state index contributed by atoms with van der Waals surface area (Å²) in [6.07, 6.45) is 1.10. The molecule has 60 valence electrons. The Morgan fingerprint density at radius 3 is 2.10 bits per heavy atom. The zero-order chi connectivity index (χ0) is 8.20. The van der Waals surface area contributed by atoms with Crippen LogP contribution in [-0.2, 0) is 2.69 Å². The molecule has 0 saturated carbocycles. The molecule has 0 rings (SSSR count). The Morgan fingerprint density at radius 2 is 2.00 bits per heavy atom. The molecule has 0 aromatic carbocycles. The van der Waals surface area contributed by atoms with Gasteiger partial charge < -0.3 is 0 Å². The predicted octanol–water partition coefficient (Wildman–Crippen LogP) is 0.549. The molecule has 1 atom stereocenters. The Morgan fingerprint density at radius 1 is 1.50 bits per heavy atom. The molecule has 2 nitrogen and oxygen atoms in total. The van der Waals surface area contributed by atoms with E-state index in [-0.39, 0.29) is 5.60 Å². The summed E-state index contributed by atoms with van der Waals surface area (Å²) in [5.41, 5.74) is 0.105. The van der Waals surface area contributed by atoms with Crippen molar-refractivity contribution in [1.29, 1.82) is 0 Å². The first-order valence-corrected chi connectivity index (χ1v) is 5.40. The Labute approximate surface area is 80.3 Å². The van der Waals surface area contributed by atoms with Gasteiger partial charge in [-0.1, -0.05) is 0 Å². The zero-order valence-electron chi connectivity index (χ0n) is 7.35. The van der Waals surface area contributed by atoms with Crippen LogP contribution >= 0.6 is 0 Å². The van der Waals surface area contributed by atoms with Crippen LogP contribution in [0.25, 0.3) is 0 Å². The van der Waals surface area contributed by atoms with Crippen molar-refractivity contribution in [2.45, 2.75) is 25.9 Å². The quantitative estimate of drug-likeness (QED) is 0.694. The Hall–Kier alpha value is 0.842. The second-order valence-electron chi connectivity index (χ2n) is 3.16. The molecule has 0 aliphatic rings. The SMILES string of the molecule is CCC(C)(CN(C)C)[O][PbH]. The molecule has 0 saturated heterocycles. The van der Waals surface area contributed by atoms with Gasteiger partial charge in [-0.05, 0) is 0 Å². The van der Waals surface area contributed by atoms with Crippen LogP contribution < -0.4 is 0 Å². The molecule has 0 N–H and O–H groups in total. The predicted molar refractivity (Wildman–Crippen MR) is 45.5 cm³/mol.